The number of aliphatic hydroxyl groups excluding tert-OH is 1. The maximum atomic E-state index is 13.1. The van der Waals surface area contributed by atoms with Crippen LogP contribution in [0.3, 0.4) is 0 Å². The van der Waals surface area contributed by atoms with E-state index in [4.69, 9.17) is 22.4 Å². The van der Waals surface area contributed by atoms with Crippen molar-refractivity contribution in [2.75, 3.05) is 6.61 Å². The predicted octanol–water partition coefficient (Wildman–Crippen LogP) is 1.61. The summed E-state index contributed by atoms with van der Waals surface area (Å²) < 4.78 is 26.1. The van der Waals surface area contributed by atoms with Crippen LogP contribution in [0.2, 0.25) is 5.02 Å². The van der Waals surface area contributed by atoms with Crippen molar-refractivity contribution in [2.45, 2.75) is 6.04 Å². The fourth-order valence-corrected chi connectivity index (χ4v) is 1.14. The first-order valence-electron chi connectivity index (χ1n) is 3.57. The SMILES string of the molecule is NC(CO)c1c(F)ccc(Cl)c1F. The van der Waals surface area contributed by atoms with E-state index in [1.807, 2.05) is 0 Å². The highest BCUT2D eigenvalue weighted by molar-refractivity contribution is 6.30. The van der Waals surface area contributed by atoms with Gasteiger partial charge in [0.1, 0.15) is 11.6 Å². The van der Waals surface area contributed by atoms with E-state index in [1.165, 1.54) is 0 Å². The molecule has 13 heavy (non-hydrogen) atoms. The molecule has 3 N–H and O–H groups in total. The van der Waals surface area contributed by atoms with Crippen LogP contribution < -0.4 is 5.73 Å². The molecule has 5 heteroatoms. The Balaban J connectivity index is 3.25. The number of nitrogens with two attached hydrogens (primary N) is 1. The third-order valence-electron chi connectivity index (χ3n) is 1.65. The molecular formula is C8H8ClF2NO. The van der Waals surface area contributed by atoms with Crippen molar-refractivity contribution in [3.8, 4) is 0 Å². The lowest BCUT2D eigenvalue weighted by atomic mass is 10.1. The molecule has 0 aliphatic heterocycles. The number of rotatable bonds is 2. The molecule has 1 rings (SSSR count). The van der Waals surface area contributed by atoms with E-state index in [0.717, 1.165) is 12.1 Å². The van der Waals surface area contributed by atoms with E-state index in [0.29, 0.717) is 0 Å². The van der Waals surface area contributed by atoms with Gasteiger partial charge < -0.3 is 10.8 Å². The molecular weight excluding hydrogens is 200 g/mol. The van der Waals surface area contributed by atoms with Crippen molar-refractivity contribution in [3.05, 3.63) is 34.4 Å². The van der Waals surface area contributed by atoms with E-state index in [9.17, 15) is 8.78 Å². The zero-order valence-electron chi connectivity index (χ0n) is 6.60. The van der Waals surface area contributed by atoms with Crippen molar-refractivity contribution in [3.63, 3.8) is 0 Å². The Morgan fingerprint density at radius 1 is 1.46 bits per heavy atom. The highest BCUT2D eigenvalue weighted by Gasteiger charge is 2.18. The summed E-state index contributed by atoms with van der Waals surface area (Å²) in [6.45, 7) is -0.534. The third-order valence-corrected chi connectivity index (χ3v) is 1.94. The van der Waals surface area contributed by atoms with Gasteiger partial charge in [-0.3, -0.25) is 0 Å². The van der Waals surface area contributed by atoms with Crippen LogP contribution in [0.25, 0.3) is 0 Å². The van der Waals surface area contributed by atoms with E-state index in [2.05, 4.69) is 0 Å². The molecule has 0 radical (unpaired) electrons. The van der Waals surface area contributed by atoms with Crippen LogP contribution in [0.4, 0.5) is 8.78 Å². The lowest BCUT2D eigenvalue weighted by Crippen LogP contribution is -2.18. The van der Waals surface area contributed by atoms with Crippen molar-refractivity contribution in [1.29, 1.82) is 0 Å². The Kier molecular flexibility index (Phi) is 3.19. The molecule has 2 nitrogen and oxygen atoms in total. The maximum absolute atomic E-state index is 13.1. The summed E-state index contributed by atoms with van der Waals surface area (Å²) in [5.74, 6) is -1.72. The average molecular weight is 208 g/mol. The fourth-order valence-electron chi connectivity index (χ4n) is 0.974. The second kappa shape index (κ2) is 4.00. The van der Waals surface area contributed by atoms with E-state index >= 15 is 0 Å². The van der Waals surface area contributed by atoms with Gasteiger partial charge >= 0.3 is 0 Å². The van der Waals surface area contributed by atoms with Crippen LogP contribution in [-0.4, -0.2) is 11.7 Å². The number of hydrogen-bond donors (Lipinski definition) is 2. The largest absolute Gasteiger partial charge is 0.394 e. The molecule has 0 aromatic heterocycles. The van der Waals surface area contributed by atoms with Crippen LogP contribution in [0.5, 0.6) is 0 Å². The molecule has 0 spiro atoms. The summed E-state index contributed by atoms with van der Waals surface area (Å²) in [5.41, 5.74) is 4.90. The molecule has 0 bridgehead atoms. The van der Waals surface area contributed by atoms with Gasteiger partial charge in [0.2, 0.25) is 0 Å². The molecule has 1 atom stereocenters. The highest BCUT2D eigenvalue weighted by atomic mass is 35.5. The molecule has 0 fully saturated rings. The van der Waals surface area contributed by atoms with Crippen LogP contribution in [0.15, 0.2) is 12.1 Å². The monoisotopic (exact) mass is 207 g/mol. The molecule has 1 aromatic carbocycles. The summed E-state index contributed by atoms with van der Waals surface area (Å²) in [5, 5.41) is 8.42. The molecule has 0 amide bonds. The first kappa shape index (κ1) is 10.4. The van der Waals surface area contributed by atoms with Gasteiger partial charge in [-0.05, 0) is 12.1 Å². The van der Waals surface area contributed by atoms with Crippen molar-refractivity contribution >= 4 is 11.6 Å². The molecule has 0 heterocycles. The number of hydrogen-bond acceptors (Lipinski definition) is 2. The summed E-state index contributed by atoms with van der Waals surface area (Å²) in [6.07, 6.45) is 0. The Labute approximate surface area is 78.9 Å². The fraction of sp³-hybridized carbons (Fsp3) is 0.250. The van der Waals surface area contributed by atoms with Crippen molar-refractivity contribution < 1.29 is 13.9 Å². The minimum Gasteiger partial charge on any atom is -0.394 e. The van der Waals surface area contributed by atoms with E-state index in [1.54, 1.807) is 0 Å². The Hall–Kier alpha value is -0.710. The van der Waals surface area contributed by atoms with Gasteiger partial charge in [0.15, 0.2) is 0 Å². The Morgan fingerprint density at radius 2 is 2.08 bits per heavy atom. The number of halogens is 3. The average Bonchev–Trinajstić information content (AvgIpc) is 2.12. The van der Waals surface area contributed by atoms with Gasteiger partial charge in [-0.25, -0.2) is 8.78 Å². The second-order valence-corrected chi connectivity index (χ2v) is 2.95. The van der Waals surface area contributed by atoms with Crippen LogP contribution >= 0.6 is 11.6 Å². The Bertz CT molecular complexity index is 319. The summed E-state index contributed by atoms with van der Waals surface area (Å²) >= 11 is 5.41. The van der Waals surface area contributed by atoms with Gasteiger partial charge in [-0.15, -0.1) is 0 Å². The van der Waals surface area contributed by atoms with E-state index < -0.39 is 24.3 Å². The summed E-state index contributed by atoms with van der Waals surface area (Å²) in [6, 6.07) is 1.02. The minimum atomic E-state index is -1.08. The van der Waals surface area contributed by atoms with Gasteiger partial charge in [0.05, 0.1) is 17.7 Å². The second-order valence-electron chi connectivity index (χ2n) is 2.55. The number of aliphatic hydroxyl groups is 1. The van der Waals surface area contributed by atoms with Gasteiger partial charge in [0, 0.05) is 5.56 Å². The standard InChI is InChI=1S/C8H8ClF2NO/c9-4-1-2-5(10)7(8(4)11)6(12)3-13/h1-2,6,13H,3,12H2. The molecule has 0 aliphatic rings. The van der Waals surface area contributed by atoms with Crippen molar-refractivity contribution in [1.82, 2.24) is 0 Å². The van der Waals surface area contributed by atoms with Gasteiger partial charge in [0.25, 0.3) is 0 Å². The third kappa shape index (κ3) is 1.96. The maximum Gasteiger partial charge on any atom is 0.149 e. The zero-order chi connectivity index (χ0) is 10.0. The predicted molar refractivity (Wildman–Crippen MR) is 45.4 cm³/mol. The normalized spacial score (nSPS) is 13.0. The Morgan fingerprint density at radius 3 is 2.62 bits per heavy atom. The minimum absolute atomic E-state index is 0.208. The molecule has 72 valence electrons. The van der Waals surface area contributed by atoms with E-state index in [-0.39, 0.29) is 10.6 Å². The smallest absolute Gasteiger partial charge is 0.149 e. The molecule has 1 unspecified atom stereocenters. The van der Waals surface area contributed by atoms with Gasteiger partial charge in [-0.2, -0.15) is 0 Å². The van der Waals surface area contributed by atoms with Crippen LogP contribution in [0.1, 0.15) is 11.6 Å². The number of benzene rings is 1. The highest BCUT2D eigenvalue weighted by Crippen LogP contribution is 2.24. The van der Waals surface area contributed by atoms with Crippen molar-refractivity contribution in [2.24, 2.45) is 5.73 Å². The van der Waals surface area contributed by atoms with Gasteiger partial charge in [-0.1, -0.05) is 11.6 Å². The first-order chi connectivity index (χ1) is 6.07. The zero-order valence-corrected chi connectivity index (χ0v) is 7.35. The lowest BCUT2D eigenvalue weighted by Gasteiger charge is -2.11. The van der Waals surface area contributed by atoms with Crippen LogP contribution in [0, 0.1) is 11.6 Å². The first-order valence-corrected chi connectivity index (χ1v) is 3.95. The summed E-state index contributed by atoms with van der Waals surface area (Å²) in [7, 11) is 0. The molecule has 0 saturated carbocycles. The summed E-state index contributed by atoms with van der Waals surface area (Å²) in [4.78, 5) is 0. The molecule has 1 aromatic rings. The van der Waals surface area contributed by atoms with Crippen LogP contribution in [-0.2, 0) is 0 Å². The quantitative estimate of drug-likeness (QED) is 0.724. The molecule has 0 aliphatic carbocycles. The lowest BCUT2D eigenvalue weighted by molar-refractivity contribution is 0.262. The molecule has 0 saturated heterocycles. The topological polar surface area (TPSA) is 46.2 Å².